The van der Waals surface area contributed by atoms with Crippen LogP contribution in [0.2, 0.25) is 0 Å². The average Bonchev–Trinajstić information content (AvgIpc) is 2.26. The number of nitrogen functional groups attached to an aromatic ring is 1. The fraction of sp³-hybridized carbons (Fsp3) is 0.429. The molecule has 0 saturated heterocycles. The van der Waals surface area contributed by atoms with E-state index in [1.165, 1.54) is 18.2 Å². The molecule has 104 valence electrons. The van der Waals surface area contributed by atoms with Gasteiger partial charge in [-0.05, 0) is 45.9 Å². The molecule has 0 bridgehead atoms. The van der Waals surface area contributed by atoms with E-state index in [0.29, 0.717) is 5.56 Å². The van der Waals surface area contributed by atoms with E-state index in [0.717, 1.165) is 0 Å². The fourth-order valence-corrected chi connectivity index (χ4v) is 1.44. The van der Waals surface area contributed by atoms with Gasteiger partial charge in [-0.3, -0.25) is 0 Å². The van der Waals surface area contributed by atoms with Crippen LogP contribution in [0.1, 0.15) is 48.4 Å². The van der Waals surface area contributed by atoms with Gasteiger partial charge in [-0.15, -0.1) is 0 Å². The van der Waals surface area contributed by atoms with E-state index in [2.05, 4.69) is 0 Å². The summed E-state index contributed by atoms with van der Waals surface area (Å²) in [5.74, 6) is -0.971. The second-order valence-electron chi connectivity index (χ2n) is 4.71. The Morgan fingerprint density at radius 2 is 1.53 bits per heavy atom. The number of hydrogen-bond donors (Lipinski definition) is 1. The molecule has 0 aliphatic carbocycles. The van der Waals surface area contributed by atoms with E-state index >= 15 is 0 Å². The molecule has 1 aromatic carbocycles. The number of hydrogen-bond acceptors (Lipinski definition) is 5. The molecule has 1 aromatic rings. The van der Waals surface area contributed by atoms with Crippen LogP contribution in [-0.2, 0) is 9.47 Å². The van der Waals surface area contributed by atoms with E-state index < -0.39 is 11.9 Å². The standard InChI is InChI=1S/C14H19NO4/c1-8(2)18-13(16)10-5-6-11(12(15)7-10)14(17)19-9(3)4/h5-9H,15H2,1-4H3. The Labute approximate surface area is 112 Å². The third-order valence-electron chi connectivity index (χ3n) is 2.19. The molecule has 0 aliphatic heterocycles. The Morgan fingerprint density at radius 1 is 1.00 bits per heavy atom. The summed E-state index contributed by atoms with van der Waals surface area (Å²) < 4.78 is 10.1. The maximum absolute atomic E-state index is 11.7. The minimum Gasteiger partial charge on any atom is -0.459 e. The zero-order valence-electron chi connectivity index (χ0n) is 11.6. The lowest BCUT2D eigenvalue weighted by Gasteiger charge is -2.11. The summed E-state index contributed by atoms with van der Waals surface area (Å²) in [4.78, 5) is 23.4. The first kappa shape index (κ1) is 15.0. The summed E-state index contributed by atoms with van der Waals surface area (Å²) in [5.41, 5.74) is 6.51. The van der Waals surface area contributed by atoms with Gasteiger partial charge < -0.3 is 15.2 Å². The number of rotatable bonds is 4. The molecule has 5 heteroatoms. The van der Waals surface area contributed by atoms with E-state index in [-0.39, 0.29) is 23.5 Å². The number of esters is 2. The summed E-state index contributed by atoms with van der Waals surface area (Å²) in [6.45, 7) is 7.02. The Bertz CT molecular complexity index is 480. The first-order valence-corrected chi connectivity index (χ1v) is 6.12. The van der Waals surface area contributed by atoms with Crippen molar-refractivity contribution in [3.8, 4) is 0 Å². The van der Waals surface area contributed by atoms with Crippen molar-refractivity contribution in [2.75, 3.05) is 5.73 Å². The van der Waals surface area contributed by atoms with Crippen LogP contribution in [0.15, 0.2) is 18.2 Å². The molecule has 0 fully saturated rings. The van der Waals surface area contributed by atoms with E-state index in [1.807, 2.05) is 0 Å². The largest absolute Gasteiger partial charge is 0.459 e. The summed E-state index contributed by atoms with van der Waals surface area (Å²) in [6.07, 6.45) is -0.434. The SMILES string of the molecule is CC(C)OC(=O)c1ccc(C(=O)OC(C)C)c(N)c1. The Kier molecular flexibility index (Phi) is 4.92. The lowest BCUT2D eigenvalue weighted by molar-refractivity contribution is 0.0362. The Morgan fingerprint density at radius 3 is 2.00 bits per heavy atom. The normalized spacial score (nSPS) is 10.6. The topological polar surface area (TPSA) is 78.6 Å². The highest BCUT2D eigenvalue weighted by Gasteiger charge is 2.16. The quantitative estimate of drug-likeness (QED) is 0.668. The number of anilines is 1. The zero-order valence-corrected chi connectivity index (χ0v) is 11.6. The van der Waals surface area contributed by atoms with Crippen LogP contribution in [0, 0.1) is 0 Å². The van der Waals surface area contributed by atoms with E-state index in [1.54, 1.807) is 27.7 Å². The van der Waals surface area contributed by atoms with Crippen molar-refractivity contribution in [3.05, 3.63) is 29.3 Å². The van der Waals surface area contributed by atoms with E-state index in [4.69, 9.17) is 15.2 Å². The summed E-state index contributed by atoms with van der Waals surface area (Å²) in [5, 5.41) is 0. The molecule has 5 nitrogen and oxygen atoms in total. The third-order valence-corrected chi connectivity index (χ3v) is 2.19. The number of carbonyl (C=O) groups is 2. The molecule has 0 spiro atoms. The Balaban J connectivity index is 2.91. The smallest absolute Gasteiger partial charge is 0.340 e. The minimum atomic E-state index is -0.503. The van der Waals surface area contributed by atoms with Crippen molar-refractivity contribution >= 4 is 17.6 Å². The molecular weight excluding hydrogens is 246 g/mol. The van der Waals surface area contributed by atoms with Gasteiger partial charge in [0.2, 0.25) is 0 Å². The second-order valence-corrected chi connectivity index (χ2v) is 4.71. The number of ether oxygens (including phenoxy) is 2. The highest BCUT2D eigenvalue weighted by molar-refractivity contribution is 5.98. The average molecular weight is 265 g/mol. The first-order chi connectivity index (χ1) is 8.81. The molecule has 0 radical (unpaired) electrons. The van der Waals surface area contributed by atoms with Crippen molar-refractivity contribution in [2.45, 2.75) is 39.9 Å². The molecule has 0 saturated carbocycles. The minimum absolute atomic E-state index is 0.198. The molecule has 0 unspecified atom stereocenters. The molecule has 2 N–H and O–H groups in total. The lowest BCUT2D eigenvalue weighted by atomic mass is 10.1. The number of nitrogens with two attached hydrogens (primary N) is 1. The van der Waals surface area contributed by atoms with Crippen LogP contribution < -0.4 is 5.73 Å². The van der Waals surface area contributed by atoms with Crippen molar-refractivity contribution in [3.63, 3.8) is 0 Å². The molecule has 0 aliphatic rings. The number of carbonyl (C=O) groups excluding carboxylic acids is 2. The lowest BCUT2D eigenvalue weighted by Crippen LogP contribution is -2.15. The second kappa shape index (κ2) is 6.22. The summed E-state index contributed by atoms with van der Waals surface area (Å²) in [7, 11) is 0. The van der Waals surface area contributed by atoms with Crippen LogP contribution in [0.4, 0.5) is 5.69 Å². The van der Waals surface area contributed by atoms with Crippen molar-refractivity contribution in [1.82, 2.24) is 0 Å². The van der Waals surface area contributed by atoms with Crippen molar-refractivity contribution in [1.29, 1.82) is 0 Å². The van der Waals surface area contributed by atoms with Crippen molar-refractivity contribution < 1.29 is 19.1 Å². The first-order valence-electron chi connectivity index (χ1n) is 6.12. The molecule has 1 rings (SSSR count). The molecular formula is C14H19NO4. The third kappa shape index (κ3) is 4.28. The predicted molar refractivity (Wildman–Crippen MR) is 72.0 cm³/mol. The summed E-state index contributed by atoms with van der Waals surface area (Å²) >= 11 is 0. The van der Waals surface area contributed by atoms with Gasteiger partial charge in [0, 0.05) is 5.69 Å². The Hall–Kier alpha value is -2.04. The van der Waals surface area contributed by atoms with Crippen molar-refractivity contribution in [2.24, 2.45) is 0 Å². The highest BCUT2D eigenvalue weighted by Crippen LogP contribution is 2.17. The summed E-state index contributed by atoms with van der Waals surface area (Å²) in [6, 6.07) is 4.39. The van der Waals surface area contributed by atoms with Gasteiger partial charge in [0.15, 0.2) is 0 Å². The van der Waals surface area contributed by atoms with Crippen LogP contribution >= 0.6 is 0 Å². The van der Waals surface area contributed by atoms with Crippen LogP contribution in [0.3, 0.4) is 0 Å². The van der Waals surface area contributed by atoms with Gasteiger partial charge in [-0.25, -0.2) is 9.59 Å². The monoisotopic (exact) mass is 265 g/mol. The van der Waals surface area contributed by atoms with Gasteiger partial charge in [-0.2, -0.15) is 0 Å². The van der Waals surface area contributed by atoms with Crippen LogP contribution in [0.5, 0.6) is 0 Å². The molecule has 0 atom stereocenters. The molecule has 0 amide bonds. The van der Waals surface area contributed by atoms with Crippen LogP contribution in [-0.4, -0.2) is 24.1 Å². The van der Waals surface area contributed by atoms with E-state index in [9.17, 15) is 9.59 Å². The van der Waals surface area contributed by atoms with Gasteiger partial charge in [-0.1, -0.05) is 0 Å². The predicted octanol–water partition coefficient (Wildman–Crippen LogP) is 2.40. The highest BCUT2D eigenvalue weighted by atomic mass is 16.5. The number of benzene rings is 1. The van der Waals surface area contributed by atoms with Gasteiger partial charge in [0.1, 0.15) is 0 Å². The maximum Gasteiger partial charge on any atom is 0.340 e. The van der Waals surface area contributed by atoms with Gasteiger partial charge >= 0.3 is 11.9 Å². The maximum atomic E-state index is 11.7. The molecule has 19 heavy (non-hydrogen) atoms. The zero-order chi connectivity index (χ0) is 14.6. The van der Waals surface area contributed by atoms with Gasteiger partial charge in [0.25, 0.3) is 0 Å². The molecule has 0 aromatic heterocycles. The fourth-order valence-electron chi connectivity index (χ4n) is 1.44. The van der Waals surface area contributed by atoms with Gasteiger partial charge in [0.05, 0.1) is 23.3 Å². The molecule has 0 heterocycles. The van der Waals surface area contributed by atoms with Crippen LogP contribution in [0.25, 0.3) is 0 Å².